The highest BCUT2D eigenvalue weighted by molar-refractivity contribution is 5.04. The Balaban J connectivity index is 2.09. The van der Waals surface area contributed by atoms with Gasteiger partial charge in [0.1, 0.15) is 0 Å². The Morgan fingerprint density at radius 3 is 2.61 bits per heavy atom. The maximum absolute atomic E-state index is 6.14. The molecule has 0 aliphatic carbocycles. The first kappa shape index (κ1) is 14.3. The molecule has 0 saturated carbocycles. The van der Waals surface area contributed by atoms with E-state index in [0.29, 0.717) is 18.1 Å². The van der Waals surface area contributed by atoms with Gasteiger partial charge >= 0.3 is 0 Å². The van der Waals surface area contributed by atoms with Gasteiger partial charge in [0.25, 0.3) is 0 Å². The average molecular weight is 255 g/mol. The molecular formula is C14H29N3O. The Bertz CT molecular complexity index is 274. The third-order valence-electron chi connectivity index (χ3n) is 5.21. The number of hydrogen-bond donors (Lipinski definition) is 1. The minimum Gasteiger partial charge on any atom is -0.380 e. The molecule has 0 bridgehead atoms. The summed E-state index contributed by atoms with van der Waals surface area (Å²) >= 11 is 0. The molecule has 2 heterocycles. The number of nitrogens with zero attached hydrogens (tertiary/aromatic N) is 2. The van der Waals surface area contributed by atoms with Gasteiger partial charge in [-0.05, 0) is 39.3 Å². The van der Waals surface area contributed by atoms with E-state index in [4.69, 9.17) is 10.5 Å². The molecule has 106 valence electrons. The van der Waals surface area contributed by atoms with Gasteiger partial charge in [0, 0.05) is 38.3 Å². The predicted octanol–water partition coefficient (Wildman–Crippen LogP) is 0.765. The van der Waals surface area contributed by atoms with E-state index in [1.807, 2.05) is 7.11 Å². The maximum Gasteiger partial charge on any atom is 0.0724 e. The van der Waals surface area contributed by atoms with Crippen molar-refractivity contribution in [3.8, 4) is 0 Å². The van der Waals surface area contributed by atoms with E-state index in [-0.39, 0.29) is 5.54 Å². The van der Waals surface area contributed by atoms with Crippen LogP contribution in [0.15, 0.2) is 0 Å². The molecule has 2 rings (SSSR count). The van der Waals surface area contributed by atoms with Crippen LogP contribution in [0.25, 0.3) is 0 Å². The predicted molar refractivity (Wildman–Crippen MR) is 74.6 cm³/mol. The van der Waals surface area contributed by atoms with Crippen LogP contribution in [0.3, 0.4) is 0 Å². The number of likely N-dealkylation sites (tertiary alicyclic amines) is 2. The molecule has 2 N–H and O–H groups in total. The highest BCUT2D eigenvalue weighted by Gasteiger charge is 2.46. The second-order valence-electron chi connectivity index (χ2n) is 6.38. The molecule has 0 radical (unpaired) electrons. The van der Waals surface area contributed by atoms with Gasteiger partial charge in [-0.25, -0.2) is 0 Å². The zero-order valence-corrected chi connectivity index (χ0v) is 12.4. The minimum absolute atomic E-state index is 0.172. The summed E-state index contributed by atoms with van der Waals surface area (Å²) < 4.78 is 5.64. The Hall–Kier alpha value is -0.160. The topological polar surface area (TPSA) is 41.7 Å². The lowest BCUT2D eigenvalue weighted by atomic mass is 9.87. The van der Waals surface area contributed by atoms with Crippen LogP contribution in [0.5, 0.6) is 0 Å². The third-order valence-corrected chi connectivity index (χ3v) is 5.21. The molecule has 0 aromatic rings. The van der Waals surface area contributed by atoms with Crippen molar-refractivity contribution < 1.29 is 4.74 Å². The fraction of sp³-hybridized carbons (Fsp3) is 1.00. The fourth-order valence-electron chi connectivity index (χ4n) is 3.67. The normalized spacial score (nSPS) is 43.5. The van der Waals surface area contributed by atoms with Crippen LogP contribution in [0.2, 0.25) is 0 Å². The van der Waals surface area contributed by atoms with Gasteiger partial charge in [-0.15, -0.1) is 0 Å². The second kappa shape index (κ2) is 5.45. The van der Waals surface area contributed by atoms with Crippen molar-refractivity contribution >= 4 is 0 Å². The van der Waals surface area contributed by atoms with Crippen LogP contribution in [-0.4, -0.2) is 67.8 Å². The summed E-state index contributed by atoms with van der Waals surface area (Å²) in [4.78, 5) is 5.04. The maximum atomic E-state index is 6.14. The fourth-order valence-corrected chi connectivity index (χ4v) is 3.67. The second-order valence-corrected chi connectivity index (χ2v) is 6.38. The molecule has 2 saturated heterocycles. The average Bonchev–Trinajstić information content (AvgIpc) is 2.67. The standard InChI is InChI=1S/C14H29N3O/c1-11-5-6-17(8-13(11)18-4)14(9-15)7-12(2)16(3)10-14/h11-13H,5-10,15H2,1-4H3. The number of ether oxygens (including phenoxy) is 1. The molecule has 4 atom stereocenters. The minimum atomic E-state index is 0.172. The van der Waals surface area contributed by atoms with Crippen molar-refractivity contribution in [2.45, 2.75) is 44.4 Å². The van der Waals surface area contributed by atoms with Crippen molar-refractivity contribution in [3.05, 3.63) is 0 Å². The van der Waals surface area contributed by atoms with Crippen LogP contribution in [0, 0.1) is 5.92 Å². The van der Waals surface area contributed by atoms with Crippen molar-refractivity contribution in [2.75, 3.05) is 40.3 Å². The molecule has 2 fully saturated rings. The molecule has 4 heteroatoms. The number of hydrogen-bond acceptors (Lipinski definition) is 4. The van der Waals surface area contributed by atoms with Crippen molar-refractivity contribution in [1.82, 2.24) is 9.80 Å². The largest absolute Gasteiger partial charge is 0.380 e. The summed E-state index contributed by atoms with van der Waals surface area (Å²) in [7, 11) is 4.05. The number of piperidine rings is 1. The van der Waals surface area contributed by atoms with E-state index >= 15 is 0 Å². The summed E-state index contributed by atoms with van der Waals surface area (Å²) in [5.74, 6) is 0.664. The first-order valence-corrected chi connectivity index (χ1v) is 7.20. The van der Waals surface area contributed by atoms with E-state index in [1.165, 1.54) is 19.4 Å². The summed E-state index contributed by atoms with van der Waals surface area (Å²) in [6, 6.07) is 0.633. The van der Waals surface area contributed by atoms with E-state index in [9.17, 15) is 0 Å². The highest BCUT2D eigenvalue weighted by atomic mass is 16.5. The monoisotopic (exact) mass is 255 g/mol. The molecule has 2 aliphatic rings. The lowest BCUT2D eigenvalue weighted by Gasteiger charge is -2.46. The first-order valence-electron chi connectivity index (χ1n) is 7.20. The molecule has 18 heavy (non-hydrogen) atoms. The van der Waals surface area contributed by atoms with E-state index < -0.39 is 0 Å². The lowest BCUT2D eigenvalue weighted by molar-refractivity contribution is -0.0417. The summed E-state index contributed by atoms with van der Waals surface area (Å²) in [6.45, 7) is 8.65. The summed E-state index contributed by atoms with van der Waals surface area (Å²) in [5.41, 5.74) is 6.31. The smallest absolute Gasteiger partial charge is 0.0724 e. The van der Waals surface area contributed by atoms with E-state index in [1.54, 1.807) is 0 Å². The van der Waals surface area contributed by atoms with Gasteiger partial charge < -0.3 is 15.4 Å². The van der Waals surface area contributed by atoms with Gasteiger partial charge in [0.2, 0.25) is 0 Å². The van der Waals surface area contributed by atoms with Crippen LogP contribution in [0.1, 0.15) is 26.7 Å². The zero-order valence-electron chi connectivity index (χ0n) is 12.4. The number of methoxy groups -OCH3 is 1. The first-order chi connectivity index (χ1) is 8.52. The number of likely N-dealkylation sites (N-methyl/N-ethyl adjacent to an activating group) is 1. The zero-order chi connectivity index (χ0) is 13.3. The molecular weight excluding hydrogens is 226 g/mol. The van der Waals surface area contributed by atoms with Crippen molar-refractivity contribution in [1.29, 1.82) is 0 Å². The van der Waals surface area contributed by atoms with Crippen LogP contribution in [0.4, 0.5) is 0 Å². The van der Waals surface area contributed by atoms with Crippen LogP contribution >= 0.6 is 0 Å². The Labute approximate surface area is 111 Å². The van der Waals surface area contributed by atoms with E-state index in [0.717, 1.165) is 19.6 Å². The molecule has 0 aromatic carbocycles. The molecule has 4 unspecified atom stereocenters. The van der Waals surface area contributed by atoms with Gasteiger partial charge in [-0.1, -0.05) is 6.92 Å². The van der Waals surface area contributed by atoms with Crippen molar-refractivity contribution in [2.24, 2.45) is 11.7 Å². The SMILES string of the molecule is COC1CN(C2(CN)CC(C)N(C)C2)CCC1C. The summed E-state index contributed by atoms with van der Waals surface area (Å²) in [6.07, 6.45) is 2.77. The third kappa shape index (κ3) is 2.44. The Kier molecular flexibility index (Phi) is 4.32. The Morgan fingerprint density at radius 2 is 2.11 bits per heavy atom. The van der Waals surface area contributed by atoms with Crippen LogP contribution in [-0.2, 0) is 4.74 Å². The van der Waals surface area contributed by atoms with Gasteiger partial charge in [0.05, 0.1) is 6.10 Å². The highest BCUT2D eigenvalue weighted by Crippen LogP contribution is 2.34. The summed E-state index contributed by atoms with van der Waals surface area (Å²) in [5, 5.41) is 0. The van der Waals surface area contributed by atoms with Gasteiger partial charge in [-0.2, -0.15) is 0 Å². The molecule has 0 spiro atoms. The van der Waals surface area contributed by atoms with Crippen LogP contribution < -0.4 is 5.73 Å². The molecule has 2 aliphatic heterocycles. The number of nitrogens with two attached hydrogens (primary N) is 1. The quantitative estimate of drug-likeness (QED) is 0.808. The molecule has 0 amide bonds. The van der Waals surface area contributed by atoms with Crippen molar-refractivity contribution in [3.63, 3.8) is 0 Å². The molecule has 4 nitrogen and oxygen atoms in total. The van der Waals surface area contributed by atoms with Gasteiger partial charge in [0.15, 0.2) is 0 Å². The van der Waals surface area contributed by atoms with Gasteiger partial charge in [-0.3, -0.25) is 4.90 Å². The number of rotatable bonds is 3. The molecule has 0 aromatic heterocycles. The Morgan fingerprint density at radius 1 is 1.39 bits per heavy atom. The lowest BCUT2D eigenvalue weighted by Crippen LogP contribution is -2.60. The van der Waals surface area contributed by atoms with E-state index in [2.05, 4.69) is 30.7 Å².